The molecule has 0 unspecified atom stereocenters. The third kappa shape index (κ3) is 1.77. The number of Topliss-reactive ketones (excluding diaryl/α,β-unsaturated/α-hetero) is 1. The second-order valence-electron chi connectivity index (χ2n) is 3.77. The Balaban J connectivity index is 2.25. The number of hydrogen-bond acceptors (Lipinski definition) is 2. The van der Waals surface area contributed by atoms with Crippen molar-refractivity contribution in [1.29, 1.82) is 0 Å². The van der Waals surface area contributed by atoms with Gasteiger partial charge in [0.1, 0.15) is 0 Å². The van der Waals surface area contributed by atoms with Crippen molar-refractivity contribution in [1.82, 2.24) is 0 Å². The van der Waals surface area contributed by atoms with Gasteiger partial charge in [-0.1, -0.05) is 19.4 Å². The maximum absolute atomic E-state index is 11.3. The van der Waals surface area contributed by atoms with Crippen molar-refractivity contribution in [2.75, 3.05) is 5.32 Å². The number of fused-ring (bicyclic) bond motifs is 1. The summed E-state index contributed by atoms with van der Waals surface area (Å²) < 4.78 is 0. The first-order valence-electron chi connectivity index (χ1n) is 5.21. The predicted molar refractivity (Wildman–Crippen MR) is 58.0 cm³/mol. The molecule has 1 amide bonds. The quantitative estimate of drug-likeness (QED) is 0.765. The van der Waals surface area contributed by atoms with Gasteiger partial charge in [-0.25, -0.2) is 0 Å². The van der Waals surface area contributed by atoms with Crippen molar-refractivity contribution in [2.45, 2.75) is 26.2 Å². The van der Waals surface area contributed by atoms with E-state index in [0.29, 0.717) is 11.3 Å². The number of ketones is 1. The van der Waals surface area contributed by atoms with Gasteiger partial charge in [0.25, 0.3) is 11.7 Å². The predicted octanol–water partition coefficient (Wildman–Crippen LogP) is 2.16. The molecule has 1 aromatic carbocycles. The molecule has 0 fully saturated rings. The van der Waals surface area contributed by atoms with Gasteiger partial charge in [-0.05, 0) is 30.5 Å². The summed E-state index contributed by atoms with van der Waals surface area (Å²) >= 11 is 0. The van der Waals surface area contributed by atoms with Crippen molar-refractivity contribution in [3.05, 3.63) is 29.3 Å². The molecule has 0 bridgehead atoms. The van der Waals surface area contributed by atoms with Gasteiger partial charge in [-0.15, -0.1) is 0 Å². The molecule has 1 heterocycles. The molecule has 1 N–H and O–H groups in total. The Bertz CT molecular complexity index is 424. The summed E-state index contributed by atoms with van der Waals surface area (Å²) in [5.74, 6) is -0.940. The number of amides is 1. The van der Waals surface area contributed by atoms with Gasteiger partial charge in [0, 0.05) is 0 Å². The number of nitrogens with one attached hydrogen (secondary N) is 1. The molecule has 1 aliphatic heterocycles. The highest BCUT2D eigenvalue weighted by Crippen LogP contribution is 2.24. The van der Waals surface area contributed by atoms with E-state index in [2.05, 4.69) is 12.2 Å². The van der Waals surface area contributed by atoms with Gasteiger partial charge in [-0.3, -0.25) is 9.59 Å². The Hall–Kier alpha value is -1.64. The van der Waals surface area contributed by atoms with Gasteiger partial charge in [0.15, 0.2) is 0 Å². The molecule has 15 heavy (non-hydrogen) atoms. The first-order chi connectivity index (χ1) is 7.22. The second-order valence-corrected chi connectivity index (χ2v) is 3.77. The van der Waals surface area contributed by atoms with Crippen LogP contribution >= 0.6 is 0 Å². The van der Waals surface area contributed by atoms with Crippen LogP contribution in [0.2, 0.25) is 0 Å². The summed E-state index contributed by atoms with van der Waals surface area (Å²) in [5.41, 5.74) is 2.34. The minimum Gasteiger partial charge on any atom is -0.318 e. The number of unbranched alkanes of at least 4 members (excludes halogenated alkanes) is 1. The largest absolute Gasteiger partial charge is 0.318 e. The minimum atomic E-state index is -0.516. The molecule has 3 nitrogen and oxygen atoms in total. The lowest BCUT2D eigenvalue weighted by Gasteiger charge is -2.02. The van der Waals surface area contributed by atoms with E-state index >= 15 is 0 Å². The van der Waals surface area contributed by atoms with Crippen LogP contribution in [0.4, 0.5) is 5.69 Å². The molecule has 1 aliphatic rings. The van der Waals surface area contributed by atoms with Crippen molar-refractivity contribution >= 4 is 17.4 Å². The van der Waals surface area contributed by atoms with Crippen LogP contribution in [-0.2, 0) is 11.2 Å². The molecule has 2 rings (SSSR count). The molecule has 0 spiro atoms. The van der Waals surface area contributed by atoms with E-state index in [0.717, 1.165) is 19.3 Å². The fourth-order valence-electron chi connectivity index (χ4n) is 1.73. The van der Waals surface area contributed by atoms with Crippen LogP contribution in [0.25, 0.3) is 0 Å². The zero-order valence-corrected chi connectivity index (χ0v) is 8.67. The van der Waals surface area contributed by atoms with Crippen LogP contribution in [0.1, 0.15) is 35.7 Å². The molecule has 1 aromatic rings. The zero-order valence-electron chi connectivity index (χ0n) is 8.67. The van der Waals surface area contributed by atoms with Crippen molar-refractivity contribution in [2.24, 2.45) is 0 Å². The molecule has 3 heteroatoms. The van der Waals surface area contributed by atoms with E-state index in [1.807, 2.05) is 12.1 Å². The summed E-state index contributed by atoms with van der Waals surface area (Å²) in [6, 6.07) is 5.56. The molecule has 0 radical (unpaired) electrons. The summed E-state index contributed by atoms with van der Waals surface area (Å²) in [5, 5.41) is 2.58. The lowest BCUT2D eigenvalue weighted by Crippen LogP contribution is -2.12. The topological polar surface area (TPSA) is 46.2 Å². The van der Waals surface area contributed by atoms with E-state index in [-0.39, 0.29) is 0 Å². The normalized spacial score (nSPS) is 13.9. The lowest BCUT2D eigenvalue weighted by atomic mass is 10.0. The molecule has 78 valence electrons. The number of rotatable bonds is 3. The first kappa shape index (κ1) is 9.90. The van der Waals surface area contributed by atoms with Crippen LogP contribution in [0.3, 0.4) is 0 Å². The first-order valence-corrected chi connectivity index (χ1v) is 5.21. The number of carbonyl (C=O) groups excluding carboxylic acids is 2. The highest BCUT2D eigenvalue weighted by atomic mass is 16.2. The highest BCUT2D eigenvalue weighted by molar-refractivity contribution is 6.51. The molecular formula is C12H13NO2. The van der Waals surface area contributed by atoms with Gasteiger partial charge >= 0.3 is 0 Å². The van der Waals surface area contributed by atoms with Gasteiger partial charge in [0.2, 0.25) is 0 Å². The second kappa shape index (κ2) is 3.85. The van der Waals surface area contributed by atoms with Gasteiger partial charge in [0.05, 0.1) is 11.3 Å². The SMILES string of the molecule is CCCCc1ccc2c(c1)NC(=O)C2=O. The van der Waals surface area contributed by atoms with Crippen LogP contribution in [0.15, 0.2) is 18.2 Å². The standard InChI is InChI=1S/C12H13NO2/c1-2-3-4-8-5-6-9-10(7-8)13-12(15)11(9)14/h5-7H,2-4H2,1H3,(H,13,14,15). The monoisotopic (exact) mass is 203 g/mol. The van der Waals surface area contributed by atoms with E-state index in [1.54, 1.807) is 6.07 Å². The number of aryl methyl sites for hydroxylation is 1. The van der Waals surface area contributed by atoms with Crippen molar-refractivity contribution in [3.8, 4) is 0 Å². The van der Waals surface area contributed by atoms with Gasteiger partial charge in [-0.2, -0.15) is 0 Å². The Morgan fingerprint density at radius 2 is 2.07 bits per heavy atom. The van der Waals surface area contributed by atoms with E-state index in [1.165, 1.54) is 5.56 Å². The summed E-state index contributed by atoms with van der Waals surface area (Å²) in [7, 11) is 0. The fraction of sp³-hybridized carbons (Fsp3) is 0.333. The highest BCUT2D eigenvalue weighted by Gasteiger charge is 2.27. The third-order valence-corrected chi connectivity index (χ3v) is 2.60. The smallest absolute Gasteiger partial charge is 0.296 e. The Morgan fingerprint density at radius 3 is 2.80 bits per heavy atom. The third-order valence-electron chi connectivity index (χ3n) is 2.60. The fourth-order valence-corrected chi connectivity index (χ4v) is 1.73. The van der Waals surface area contributed by atoms with Gasteiger partial charge < -0.3 is 5.32 Å². The van der Waals surface area contributed by atoms with Crippen LogP contribution < -0.4 is 5.32 Å². The van der Waals surface area contributed by atoms with Crippen molar-refractivity contribution < 1.29 is 9.59 Å². The summed E-state index contributed by atoms with van der Waals surface area (Å²) in [6.45, 7) is 2.14. The molecular weight excluding hydrogens is 190 g/mol. The van der Waals surface area contributed by atoms with E-state index in [9.17, 15) is 9.59 Å². The minimum absolute atomic E-state index is 0.424. The summed E-state index contributed by atoms with van der Waals surface area (Å²) in [6.07, 6.45) is 3.26. The number of hydrogen-bond donors (Lipinski definition) is 1. The molecule has 0 atom stereocenters. The van der Waals surface area contributed by atoms with Crippen LogP contribution in [-0.4, -0.2) is 11.7 Å². The average Bonchev–Trinajstić information content (AvgIpc) is 2.52. The van der Waals surface area contributed by atoms with E-state index < -0.39 is 11.7 Å². The average molecular weight is 203 g/mol. The molecule has 0 saturated carbocycles. The maximum Gasteiger partial charge on any atom is 0.296 e. The maximum atomic E-state index is 11.3. The van der Waals surface area contributed by atoms with Crippen molar-refractivity contribution in [3.63, 3.8) is 0 Å². The summed E-state index contributed by atoms with van der Waals surface area (Å²) in [4.78, 5) is 22.4. The lowest BCUT2D eigenvalue weighted by molar-refractivity contribution is -0.112. The number of anilines is 1. The zero-order chi connectivity index (χ0) is 10.8. The van der Waals surface area contributed by atoms with Crippen LogP contribution in [0, 0.1) is 0 Å². The number of carbonyl (C=O) groups is 2. The molecule has 0 saturated heterocycles. The van der Waals surface area contributed by atoms with Crippen LogP contribution in [0.5, 0.6) is 0 Å². The Morgan fingerprint density at radius 1 is 1.27 bits per heavy atom. The Kier molecular flexibility index (Phi) is 2.54. The molecule has 0 aliphatic carbocycles. The number of benzene rings is 1. The van der Waals surface area contributed by atoms with E-state index in [4.69, 9.17) is 0 Å². The Labute approximate surface area is 88.5 Å². The molecule has 0 aromatic heterocycles.